The zero-order valence-corrected chi connectivity index (χ0v) is 12.5. The maximum atomic E-state index is 11.5. The molecule has 0 heterocycles. The minimum Gasteiger partial charge on any atom is -0.378 e. The van der Waals surface area contributed by atoms with Gasteiger partial charge in [-0.2, -0.15) is 0 Å². The summed E-state index contributed by atoms with van der Waals surface area (Å²) in [7, 11) is 0. The molecule has 0 aliphatic heterocycles. The average Bonchev–Trinajstić information content (AvgIpc) is 2.63. The molecule has 0 bridgehead atoms. The van der Waals surface area contributed by atoms with E-state index in [2.05, 4.69) is 5.32 Å². The largest absolute Gasteiger partial charge is 0.378 e. The van der Waals surface area contributed by atoms with E-state index in [0.29, 0.717) is 6.10 Å². The Kier molecular flexibility index (Phi) is 7.39. The van der Waals surface area contributed by atoms with E-state index < -0.39 is 5.54 Å². The van der Waals surface area contributed by atoms with E-state index in [9.17, 15) is 4.79 Å². The maximum absolute atomic E-state index is 11.5. The number of nitrogens with one attached hydrogen (secondary N) is 1. The summed E-state index contributed by atoms with van der Waals surface area (Å²) in [6.45, 7) is 5.36. The minimum absolute atomic E-state index is 0.274. The average molecular weight is 270 g/mol. The van der Waals surface area contributed by atoms with Gasteiger partial charge in [0.25, 0.3) is 0 Å². The Morgan fingerprint density at radius 2 is 1.95 bits per heavy atom. The summed E-state index contributed by atoms with van der Waals surface area (Å²) in [6.07, 6.45) is 9.72. The molecule has 1 fully saturated rings. The molecule has 4 nitrogen and oxygen atoms in total. The van der Waals surface area contributed by atoms with E-state index >= 15 is 0 Å². The number of likely N-dealkylation sites (N-methyl/N-ethyl adjacent to an activating group) is 1. The van der Waals surface area contributed by atoms with Crippen molar-refractivity contribution in [3.05, 3.63) is 0 Å². The Hall–Kier alpha value is -0.610. The lowest BCUT2D eigenvalue weighted by molar-refractivity contribution is -0.124. The van der Waals surface area contributed by atoms with Crippen LogP contribution in [0.5, 0.6) is 0 Å². The number of carbonyl (C=O) groups is 1. The van der Waals surface area contributed by atoms with Crippen LogP contribution in [0.1, 0.15) is 65.2 Å². The van der Waals surface area contributed by atoms with Crippen LogP contribution in [-0.2, 0) is 9.53 Å². The molecule has 1 aliphatic carbocycles. The van der Waals surface area contributed by atoms with E-state index in [-0.39, 0.29) is 5.91 Å². The number of rotatable bonds is 8. The number of amides is 1. The van der Waals surface area contributed by atoms with Gasteiger partial charge < -0.3 is 15.8 Å². The minimum atomic E-state index is -0.596. The molecule has 0 radical (unpaired) electrons. The standard InChI is InChI=1S/C15H30N2O2/c1-3-17-15(2,14(16)18)11-8-12-19-13-9-6-4-5-7-10-13/h13,17H,3-12H2,1-2H3,(H2,16,18). The van der Waals surface area contributed by atoms with Gasteiger partial charge in [-0.05, 0) is 39.2 Å². The molecule has 0 spiro atoms. The Labute approximate surface area is 117 Å². The SMILES string of the molecule is CCNC(C)(CCCOC1CCCCCC1)C(N)=O. The van der Waals surface area contributed by atoms with Crippen molar-refractivity contribution in [2.45, 2.75) is 76.9 Å². The van der Waals surface area contributed by atoms with Crippen LogP contribution in [0.4, 0.5) is 0 Å². The summed E-state index contributed by atoms with van der Waals surface area (Å²) in [5.41, 5.74) is 4.86. The highest BCUT2D eigenvalue weighted by Gasteiger charge is 2.29. The van der Waals surface area contributed by atoms with Crippen LogP contribution in [0.3, 0.4) is 0 Å². The predicted octanol–water partition coefficient (Wildman–Crippen LogP) is 2.36. The molecule has 1 unspecified atom stereocenters. The number of nitrogens with two attached hydrogens (primary N) is 1. The molecular formula is C15H30N2O2. The molecule has 19 heavy (non-hydrogen) atoms. The van der Waals surface area contributed by atoms with Gasteiger partial charge in [0, 0.05) is 6.61 Å². The highest BCUT2D eigenvalue weighted by Crippen LogP contribution is 2.20. The molecule has 0 aromatic heterocycles. The van der Waals surface area contributed by atoms with Crippen LogP contribution < -0.4 is 11.1 Å². The van der Waals surface area contributed by atoms with E-state index in [1.54, 1.807) is 0 Å². The number of carbonyl (C=O) groups excluding carboxylic acids is 1. The van der Waals surface area contributed by atoms with Crippen LogP contribution >= 0.6 is 0 Å². The van der Waals surface area contributed by atoms with Crippen molar-refractivity contribution < 1.29 is 9.53 Å². The number of hydrogen-bond acceptors (Lipinski definition) is 3. The van der Waals surface area contributed by atoms with Gasteiger partial charge in [-0.3, -0.25) is 4.79 Å². The second kappa shape index (κ2) is 8.54. The Morgan fingerprint density at radius 3 is 2.47 bits per heavy atom. The van der Waals surface area contributed by atoms with Gasteiger partial charge in [0.05, 0.1) is 11.6 Å². The first-order valence-electron chi connectivity index (χ1n) is 7.75. The Morgan fingerprint density at radius 1 is 1.32 bits per heavy atom. The van der Waals surface area contributed by atoms with Gasteiger partial charge in [-0.25, -0.2) is 0 Å². The van der Waals surface area contributed by atoms with Crippen molar-refractivity contribution in [3.8, 4) is 0 Å². The fourth-order valence-corrected chi connectivity index (χ4v) is 2.77. The maximum Gasteiger partial charge on any atom is 0.237 e. The van der Waals surface area contributed by atoms with E-state index in [1.807, 2.05) is 13.8 Å². The van der Waals surface area contributed by atoms with Crippen LogP contribution in [0.15, 0.2) is 0 Å². The molecule has 0 saturated heterocycles. The molecule has 1 amide bonds. The molecule has 1 rings (SSSR count). The van der Waals surface area contributed by atoms with Gasteiger partial charge >= 0.3 is 0 Å². The summed E-state index contributed by atoms with van der Waals surface area (Å²) in [5.74, 6) is -0.274. The van der Waals surface area contributed by atoms with Crippen molar-refractivity contribution in [1.82, 2.24) is 5.32 Å². The van der Waals surface area contributed by atoms with Crippen molar-refractivity contribution in [2.24, 2.45) is 5.73 Å². The van der Waals surface area contributed by atoms with Gasteiger partial charge in [-0.15, -0.1) is 0 Å². The highest BCUT2D eigenvalue weighted by molar-refractivity contribution is 5.84. The summed E-state index contributed by atoms with van der Waals surface area (Å²) in [5, 5.41) is 3.18. The molecular weight excluding hydrogens is 240 g/mol. The molecule has 1 atom stereocenters. The third kappa shape index (κ3) is 5.91. The molecule has 1 saturated carbocycles. The van der Waals surface area contributed by atoms with E-state index in [1.165, 1.54) is 38.5 Å². The van der Waals surface area contributed by atoms with E-state index in [4.69, 9.17) is 10.5 Å². The Bertz CT molecular complexity index is 263. The molecule has 1 aliphatic rings. The lowest BCUT2D eigenvalue weighted by Crippen LogP contribution is -2.53. The first-order chi connectivity index (χ1) is 9.08. The normalized spacial score (nSPS) is 20.7. The summed E-state index contributed by atoms with van der Waals surface area (Å²) >= 11 is 0. The first-order valence-corrected chi connectivity index (χ1v) is 7.75. The second-order valence-corrected chi connectivity index (χ2v) is 5.81. The van der Waals surface area contributed by atoms with Crippen molar-refractivity contribution >= 4 is 5.91 Å². The molecule has 3 N–H and O–H groups in total. The van der Waals surface area contributed by atoms with E-state index in [0.717, 1.165) is 26.0 Å². The number of hydrogen-bond donors (Lipinski definition) is 2. The fourth-order valence-electron chi connectivity index (χ4n) is 2.77. The molecule has 0 aromatic rings. The quantitative estimate of drug-likeness (QED) is 0.525. The highest BCUT2D eigenvalue weighted by atomic mass is 16.5. The van der Waals surface area contributed by atoms with Crippen molar-refractivity contribution in [1.29, 1.82) is 0 Å². The number of primary amides is 1. The van der Waals surface area contributed by atoms with Crippen LogP contribution in [0, 0.1) is 0 Å². The monoisotopic (exact) mass is 270 g/mol. The van der Waals surface area contributed by atoms with Gasteiger partial charge in [0.1, 0.15) is 0 Å². The predicted molar refractivity (Wildman–Crippen MR) is 78.0 cm³/mol. The molecule has 112 valence electrons. The third-order valence-corrected chi connectivity index (χ3v) is 4.09. The molecule has 4 heteroatoms. The summed E-state index contributed by atoms with van der Waals surface area (Å²) < 4.78 is 5.94. The smallest absolute Gasteiger partial charge is 0.237 e. The second-order valence-electron chi connectivity index (χ2n) is 5.81. The summed E-state index contributed by atoms with van der Waals surface area (Å²) in [4.78, 5) is 11.5. The van der Waals surface area contributed by atoms with Gasteiger partial charge in [-0.1, -0.05) is 32.6 Å². The third-order valence-electron chi connectivity index (χ3n) is 4.09. The number of ether oxygens (including phenoxy) is 1. The summed E-state index contributed by atoms with van der Waals surface area (Å²) in [6, 6.07) is 0. The van der Waals surface area contributed by atoms with Crippen LogP contribution in [-0.4, -0.2) is 30.7 Å². The first kappa shape index (κ1) is 16.4. The lowest BCUT2D eigenvalue weighted by Gasteiger charge is -2.27. The lowest BCUT2D eigenvalue weighted by atomic mass is 9.95. The fraction of sp³-hybridized carbons (Fsp3) is 0.933. The van der Waals surface area contributed by atoms with Gasteiger partial charge in [0.15, 0.2) is 0 Å². The van der Waals surface area contributed by atoms with Gasteiger partial charge in [0.2, 0.25) is 5.91 Å². The van der Waals surface area contributed by atoms with Crippen LogP contribution in [0.25, 0.3) is 0 Å². The zero-order chi connectivity index (χ0) is 14.1. The van der Waals surface area contributed by atoms with Crippen molar-refractivity contribution in [2.75, 3.05) is 13.2 Å². The van der Waals surface area contributed by atoms with Crippen molar-refractivity contribution in [3.63, 3.8) is 0 Å². The topological polar surface area (TPSA) is 64.3 Å². The zero-order valence-electron chi connectivity index (χ0n) is 12.5. The Balaban J connectivity index is 2.22. The molecule has 0 aromatic carbocycles. The van der Waals surface area contributed by atoms with Crippen LogP contribution in [0.2, 0.25) is 0 Å².